The highest BCUT2D eigenvalue weighted by molar-refractivity contribution is 5.95. The first kappa shape index (κ1) is 14.1. The molecule has 0 fully saturated rings. The zero-order valence-electron chi connectivity index (χ0n) is 10.0. The number of rotatable bonds is 6. The second-order valence-corrected chi connectivity index (χ2v) is 3.64. The van der Waals surface area contributed by atoms with Crippen molar-refractivity contribution in [3.8, 4) is 0 Å². The van der Waals surface area contributed by atoms with Crippen LogP contribution in [0.3, 0.4) is 0 Å². The number of nitrogens with two attached hydrogens (primary N) is 3. The summed E-state index contributed by atoms with van der Waals surface area (Å²) in [6, 6.07) is 4.54. The maximum absolute atomic E-state index is 12.1. The zero-order chi connectivity index (χ0) is 13.5. The van der Waals surface area contributed by atoms with Crippen molar-refractivity contribution < 1.29 is 9.59 Å². The Morgan fingerprint density at radius 1 is 1.11 bits per heavy atom. The summed E-state index contributed by atoms with van der Waals surface area (Å²) in [4.78, 5) is 28.5. The van der Waals surface area contributed by atoms with Crippen LogP contribution in [0.15, 0.2) is 18.2 Å². The van der Waals surface area contributed by atoms with Crippen LogP contribution in [0.25, 0.3) is 0 Å². The molecule has 0 aliphatic rings. The smallest absolute Gasteiger partial charge is 0.272 e. The molecule has 0 saturated carbocycles. The van der Waals surface area contributed by atoms with Gasteiger partial charge in [0.1, 0.15) is 11.4 Å². The van der Waals surface area contributed by atoms with Crippen LogP contribution in [-0.4, -0.2) is 47.9 Å². The molecule has 6 N–H and O–H groups in total. The van der Waals surface area contributed by atoms with Crippen LogP contribution >= 0.6 is 0 Å². The van der Waals surface area contributed by atoms with Gasteiger partial charge in [0.25, 0.3) is 11.8 Å². The number of carbonyl (C=O) groups excluding carboxylic acids is 2. The van der Waals surface area contributed by atoms with E-state index in [-0.39, 0.29) is 17.3 Å². The number of nitrogens with zero attached hydrogens (tertiary/aromatic N) is 2. The summed E-state index contributed by atoms with van der Waals surface area (Å²) in [5, 5.41) is 0. The molecule has 1 heterocycles. The van der Waals surface area contributed by atoms with E-state index in [1.165, 1.54) is 17.0 Å². The number of pyridine rings is 1. The molecule has 0 radical (unpaired) electrons. The normalized spacial score (nSPS) is 10.1. The van der Waals surface area contributed by atoms with Gasteiger partial charge in [-0.25, -0.2) is 4.98 Å². The Morgan fingerprint density at radius 2 is 1.67 bits per heavy atom. The number of primary amides is 1. The Morgan fingerprint density at radius 3 is 2.17 bits per heavy atom. The lowest BCUT2D eigenvalue weighted by atomic mass is 10.2. The van der Waals surface area contributed by atoms with Crippen LogP contribution in [0.2, 0.25) is 0 Å². The number of carbonyl (C=O) groups is 2. The Labute approximate surface area is 105 Å². The maximum atomic E-state index is 12.1. The van der Waals surface area contributed by atoms with E-state index < -0.39 is 5.91 Å². The fourth-order valence-electron chi connectivity index (χ4n) is 1.48. The van der Waals surface area contributed by atoms with Crippen LogP contribution in [0.4, 0.5) is 0 Å². The van der Waals surface area contributed by atoms with Crippen molar-refractivity contribution >= 4 is 11.8 Å². The summed E-state index contributed by atoms with van der Waals surface area (Å²) in [5.41, 5.74) is 16.2. The highest BCUT2D eigenvalue weighted by Gasteiger charge is 2.16. The van der Waals surface area contributed by atoms with Gasteiger partial charge in [0.15, 0.2) is 0 Å². The van der Waals surface area contributed by atoms with Gasteiger partial charge >= 0.3 is 0 Å². The van der Waals surface area contributed by atoms with E-state index in [4.69, 9.17) is 17.2 Å². The van der Waals surface area contributed by atoms with Crippen LogP contribution < -0.4 is 17.2 Å². The molecule has 0 atom stereocenters. The van der Waals surface area contributed by atoms with Crippen LogP contribution in [-0.2, 0) is 0 Å². The highest BCUT2D eigenvalue weighted by atomic mass is 16.2. The first-order valence-electron chi connectivity index (χ1n) is 5.56. The molecule has 0 aliphatic heterocycles. The maximum Gasteiger partial charge on any atom is 0.272 e. The van der Waals surface area contributed by atoms with E-state index in [1.54, 1.807) is 6.07 Å². The fourth-order valence-corrected chi connectivity index (χ4v) is 1.48. The van der Waals surface area contributed by atoms with Crippen LogP contribution in [0.1, 0.15) is 21.0 Å². The van der Waals surface area contributed by atoms with E-state index in [9.17, 15) is 9.59 Å². The highest BCUT2D eigenvalue weighted by Crippen LogP contribution is 2.03. The van der Waals surface area contributed by atoms with Crippen LogP contribution in [0.5, 0.6) is 0 Å². The first-order chi connectivity index (χ1) is 8.60. The second-order valence-electron chi connectivity index (χ2n) is 3.64. The molecule has 1 rings (SSSR count). The minimum Gasteiger partial charge on any atom is -0.364 e. The van der Waals surface area contributed by atoms with Crippen molar-refractivity contribution in [1.29, 1.82) is 0 Å². The Bertz CT molecular complexity index is 429. The van der Waals surface area contributed by atoms with Gasteiger partial charge in [-0.05, 0) is 12.1 Å². The molecule has 0 unspecified atom stereocenters. The number of amides is 2. The standard InChI is InChI=1S/C11H17N5O2/c12-4-6-16(7-5-13)11(18)9-3-1-2-8(15-9)10(14)17/h1-3H,4-7,12-13H2,(H2,14,17). The van der Waals surface area contributed by atoms with Crippen molar-refractivity contribution in [2.75, 3.05) is 26.2 Å². The molecule has 1 aromatic heterocycles. The van der Waals surface area contributed by atoms with Gasteiger partial charge in [0.05, 0.1) is 0 Å². The molecule has 2 amide bonds. The molecular weight excluding hydrogens is 234 g/mol. The SMILES string of the molecule is NCCN(CCN)C(=O)c1cccc(C(N)=O)n1. The first-order valence-corrected chi connectivity index (χ1v) is 5.56. The molecule has 7 heteroatoms. The average molecular weight is 251 g/mol. The second kappa shape index (κ2) is 6.67. The van der Waals surface area contributed by atoms with Gasteiger partial charge < -0.3 is 22.1 Å². The Balaban J connectivity index is 2.93. The van der Waals surface area contributed by atoms with Gasteiger partial charge in [0, 0.05) is 26.2 Å². The minimum atomic E-state index is -0.672. The molecule has 7 nitrogen and oxygen atoms in total. The summed E-state index contributed by atoms with van der Waals surface area (Å²) in [5.74, 6) is -0.983. The summed E-state index contributed by atoms with van der Waals surface area (Å²) in [7, 11) is 0. The van der Waals surface area contributed by atoms with Crippen molar-refractivity contribution in [3.05, 3.63) is 29.6 Å². The third-order valence-corrected chi connectivity index (χ3v) is 2.31. The Hall–Kier alpha value is -1.99. The number of aromatic nitrogens is 1. The molecule has 0 aliphatic carbocycles. The zero-order valence-corrected chi connectivity index (χ0v) is 10.0. The average Bonchev–Trinajstić information content (AvgIpc) is 2.38. The molecule has 18 heavy (non-hydrogen) atoms. The van der Waals surface area contributed by atoms with E-state index in [2.05, 4.69) is 4.98 Å². The van der Waals surface area contributed by atoms with Crippen LogP contribution in [0, 0.1) is 0 Å². The molecule has 0 spiro atoms. The van der Waals surface area contributed by atoms with Crippen molar-refractivity contribution in [3.63, 3.8) is 0 Å². The quantitative estimate of drug-likeness (QED) is 0.569. The molecule has 0 saturated heterocycles. The molecule has 0 bridgehead atoms. The van der Waals surface area contributed by atoms with E-state index in [1.807, 2.05) is 0 Å². The summed E-state index contributed by atoms with van der Waals surface area (Å²) in [6.45, 7) is 1.44. The summed E-state index contributed by atoms with van der Waals surface area (Å²) < 4.78 is 0. The lowest BCUT2D eigenvalue weighted by Gasteiger charge is -2.20. The molecule has 1 aromatic rings. The summed E-state index contributed by atoms with van der Waals surface area (Å²) >= 11 is 0. The molecule has 0 aromatic carbocycles. The third kappa shape index (κ3) is 3.51. The lowest BCUT2D eigenvalue weighted by Crippen LogP contribution is -2.39. The van der Waals surface area contributed by atoms with Gasteiger partial charge in [-0.15, -0.1) is 0 Å². The minimum absolute atomic E-state index is 0.0568. The number of hydrogen-bond donors (Lipinski definition) is 3. The van der Waals surface area contributed by atoms with E-state index in [0.29, 0.717) is 26.2 Å². The van der Waals surface area contributed by atoms with Crippen molar-refractivity contribution in [2.45, 2.75) is 0 Å². The van der Waals surface area contributed by atoms with Crippen molar-refractivity contribution in [2.24, 2.45) is 17.2 Å². The van der Waals surface area contributed by atoms with Gasteiger partial charge in [-0.1, -0.05) is 6.07 Å². The van der Waals surface area contributed by atoms with E-state index in [0.717, 1.165) is 0 Å². The predicted molar refractivity (Wildman–Crippen MR) is 66.8 cm³/mol. The predicted octanol–water partition coefficient (Wildman–Crippen LogP) is -1.46. The Kier molecular flexibility index (Phi) is 5.22. The van der Waals surface area contributed by atoms with Crippen molar-refractivity contribution in [1.82, 2.24) is 9.88 Å². The largest absolute Gasteiger partial charge is 0.364 e. The fraction of sp³-hybridized carbons (Fsp3) is 0.364. The molecular formula is C11H17N5O2. The summed E-state index contributed by atoms with van der Waals surface area (Å²) in [6.07, 6.45) is 0. The molecule has 98 valence electrons. The lowest BCUT2D eigenvalue weighted by molar-refractivity contribution is 0.0759. The monoisotopic (exact) mass is 251 g/mol. The van der Waals surface area contributed by atoms with Gasteiger partial charge in [0.2, 0.25) is 0 Å². The topological polar surface area (TPSA) is 128 Å². The third-order valence-electron chi connectivity index (χ3n) is 2.31. The van der Waals surface area contributed by atoms with Gasteiger partial charge in [-0.3, -0.25) is 9.59 Å². The van der Waals surface area contributed by atoms with E-state index >= 15 is 0 Å². The number of hydrogen-bond acceptors (Lipinski definition) is 5. The van der Waals surface area contributed by atoms with Gasteiger partial charge in [-0.2, -0.15) is 0 Å².